The first-order valence-electron chi connectivity index (χ1n) is 4.13. The van der Waals surface area contributed by atoms with Gasteiger partial charge in [-0.05, 0) is 12.5 Å². The van der Waals surface area contributed by atoms with E-state index in [0.717, 1.165) is 5.56 Å². The van der Waals surface area contributed by atoms with Gasteiger partial charge in [-0.25, -0.2) is 0 Å². The van der Waals surface area contributed by atoms with Crippen molar-refractivity contribution >= 4 is 11.6 Å². The molecule has 74 valence electrons. The summed E-state index contributed by atoms with van der Waals surface area (Å²) in [7, 11) is 1.38. The zero-order valence-electron chi connectivity index (χ0n) is 8.15. The number of nitrogens with two attached hydrogens (primary N) is 1. The van der Waals surface area contributed by atoms with Crippen LogP contribution in [0.15, 0.2) is 29.4 Å². The van der Waals surface area contributed by atoms with Crippen LogP contribution < -0.4 is 5.73 Å². The van der Waals surface area contributed by atoms with Crippen molar-refractivity contribution in [2.45, 2.75) is 6.92 Å². The fourth-order valence-corrected chi connectivity index (χ4v) is 1.16. The second-order valence-electron chi connectivity index (χ2n) is 2.80. The summed E-state index contributed by atoms with van der Waals surface area (Å²) in [6, 6.07) is 7.35. The third-order valence-electron chi connectivity index (χ3n) is 1.82. The highest BCUT2D eigenvalue weighted by atomic mass is 16.6. The molecule has 0 spiro atoms. The Morgan fingerprint density at radius 2 is 2.07 bits per heavy atom. The van der Waals surface area contributed by atoms with E-state index in [1.165, 1.54) is 7.11 Å². The Morgan fingerprint density at radius 1 is 1.43 bits per heavy atom. The van der Waals surface area contributed by atoms with E-state index in [-0.39, 0.29) is 5.71 Å². The second-order valence-corrected chi connectivity index (χ2v) is 2.80. The van der Waals surface area contributed by atoms with Crippen molar-refractivity contribution in [3.05, 3.63) is 35.4 Å². The predicted molar refractivity (Wildman–Crippen MR) is 53.9 cm³/mol. The lowest BCUT2D eigenvalue weighted by Gasteiger charge is -2.04. The van der Waals surface area contributed by atoms with E-state index in [2.05, 4.69) is 9.99 Å². The third kappa shape index (κ3) is 2.10. The maximum Gasteiger partial charge on any atom is 0.271 e. The highest BCUT2D eigenvalue weighted by molar-refractivity contribution is 6.45. The monoisotopic (exact) mass is 192 g/mol. The quantitative estimate of drug-likeness (QED) is 0.569. The number of aryl methyl sites for hydroxylation is 1. The molecule has 0 saturated carbocycles. The van der Waals surface area contributed by atoms with E-state index in [9.17, 15) is 4.79 Å². The van der Waals surface area contributed by atoms with Crippen LogP contribution in [0.3, 0.4) is 0 Å². The van der Waals surface area contributed by atoms with Gasteiger partial charge in [0.2, 0.25) is 0 Å². The molecule has 0 bridgehead atoms. The Balaban J connectivity index is 3.19. The van der Waals surface area contributed by atoms with Gasteiger partial charge in [-0.2, -0.15) is 0 Å². The van der Waals surface area contributed by atoms with Gasteiger partial charge in [0.05, 0.1) is 0 Å². The average Bonchev–Trinajstić information content (AvgIpc) is 2.15. The molecule has 0 heterocycles. The van der Waals surface area contributed by atoms with Crippen LogP contribution in [-0.2, 0) is 9.63 Å². The average molecular weight is 192 g/mol. The van der Waals surface area contributed by atoms with Crippen molar-refractivity contribution in [2.75, 3.05) is 7.11 Å². The molecule has 4 heteroatoms. The maximum absolute atomic E-state index is 11.1. The lowest BCUT2D eigenvalue weighted by Crippen LogP contribution is -2.25. The summed E-state index contributed by atoms with van der Waals surface area (Å²) in [6.45, 7) is 1.88. The number of amides is 1. The first kappa shape index (κ1) is 10.2. The molecule has 0 radical (unpaired) electrons. The molecule has 0 aliphatic heterocycles. The molecule has 0 unspecified atom stereocenters. The van der Waals surface area contributed by atoms with Crippen molar-refractivity contribution in [2.24, 2.45) is 10.9 Å². The number of carbonyl (C=O) groups is 1. The lowest BCUT2D eigenvalue weighted by molar-refractivity contribution is -0.112. The SMILES string of the molecule is CO/N=C(\C(N)=O)c1ccccc1C. The van der Waals surface area contributed by atoms with Crippen LogP contribution in [0.5, 0.6) is 0 Å². The molecule has 0 fully saturated rings. The van der Waals surface area contributed by atoms with Crippen LogP contribution in [-0.4, -0.2) is 18.7 Å². The molecule has 2 N–H and O–H groups in total. The molecule has 0 atom stereocenters. The van der Waals surface area contributed by atoms with Gasteiger partial charge in [-0.3, -0.25) is 4.79 Å². The molecular weight excluding hydrogens is 180 g/mol. The zero-order valence-corrected chi connectivity index (χ0v) is 8.15. The van der Waals surface area contributed by atoms with Crippen LogP contribution in [0, 0.1) is 6.92 Å². The van der Waals surface area contributed by atoms with Crippen molar-refractivity contribution in [1.82, 2.24) is 0 Å². The third-order valence-corrected chi connectivity index (χ3v) is 1.82. The maximum atomic E-state index is 11.1. The van der Waals surface area contributed by atoms with E-state index in [0.29, 0.717) is 5.56 Å². The van der Waals surface area contributed by atoms with Crippen molar-refractivity contribution in [1.29, 1.82) is 0 Å². The summed E-state index contributed by atoms with van der Waals surface area (Å²) in [4.78, 5) is 15.6. The number of nitrogens with zero attached hydrogens (tertiary/aromatic N) is 1. The summed E-state index contributed by atoms with van der Waals surface area (Å²) in [6.07, 6.45) is 0. The van der Waals surface area contributed by atoms with Crippen molar-refractivity contribution in [3.63, 3.8) is 0 Å². The standard InChI is InChI=1S/C10H12N2O2/c1-7-5-3-4-6-8(7)9(10(11)13)12-14-2/h3-6H,1-2H3,(H2,11,13)/b12-9-. The molecule has 0 aliphatic carbocycles. The van der Waals surface area contributed by atoms with Gasteiger partial charge in [0.1, 0.15) is 7.11 Å². The normalized spacial score (nSPS) is 11.1. The van der Waals surface area contributed by atoms with Gasteiger partial charge in [-0.1, -0.05) is 29.4 Å². The van der Waals surface area contributed by atoms with Gasteiger partial charge in [-0.15, -0.1) is 0 Å². The van der Waals surface area contributed by atoms with E-state index in [1.807, 2.05) is 25.1 Å². The van der Waals surface area contributed by atoms with Crippen LogP contribution >= 0.6 is 0 Å². The van der Waals surface area contributed by atoms with Gasteiger partial charge in [0.25, 0.3) is 5.91 Å². The fraction of sp³-hybridized carbons (Fsp3) is 0.200. The fourth-order valence-electron chi connectivity index (χ4n) is 1.16. The molecule has 0 aliphatic rings. The number of oxime groups is 1. The molecular formula is C10H12N2O2. The van der Waals surface area contributed by atoms with Gasteiger partial charge in [0, 0.05) is 5.56 Å². The summed E-state index contributed by atoms with van der Waals surface area (Å²) >= 11 is 0. The highest BCUT2D eigenvalue weighted by Gasteiger charge is 2.12. The van der Waals surface area contributed by atoms with Crippen LogP contribution in [0.1, 0.15) is 11.1 Å². The largest absolute Gasteiger partial charge is 0.398 e. The first-order chi connectivity index (χ1) is 6.66. The van der Waals surface area contributed by atoms with E-state index in [1.54, 1.807) is 6.07 Å². The molecule has 1 aromatic rings. The Bertz CT molecular complexity index is 372. The van der Waals surface area contributed by atoms with E-state index < -0.39 is 5.91 Å². The molecule has 1 amide bonds. The second kappa shape index (κ2) is 4.41. The lowest BCUT2D eigenvalue weighted by atomic mass is 10.0. The summed E-state index contributed by atoms with van der Waals surface area (Å²) < 4.78 is 0. The number of benzene rings is 1. The van der Waals surface area contributed by atoms with Gasteiger partial charge < -0.3 is 10.6 Å². The summed E-state index contributed by atoms with van der Waals surface area (Å²) in [5.41, 5.74) is 6.95. The summed E-state index contributed by atoms with van der Waals surface area (Å²) in [5, 5.41) is 3.60. The number of hydrogen-bond donors (Lipinski definition) is 1. The molecule has 14 heavy (non-hydrogen) atoms. The molecule has 0 saturated heterocycles. The number of carbonyl (C=O) groups excluding carboxylic acids is 1. The van der Waals surface area contributed by atoms with E-state index in [4.69, 9.17) is 5.73 Å². The smallest absolute Gasteiger partial charge is 0.271 e. The van der Waals surface area contributed by atoms with Crippen molar-refractivity contribution in [3.8, 4) is 0 Å². The first-order valence-corrected chi connectivity index (χ1v) is 4.13. The molecule has 1 rings (SSSR count). The minimum absolute atomic E-state index is 0.144. The Kier molecular flexibility index (Phi) is 3.23. The van der Waals surface area contributed by atoms with Gasteiger partial charge >= 0.3 is 0 Å². The Labute approximate surface area is 82.4 Å². The molecule has 4 nitrogen and oxygen atoms in total. The molecule has 0 aromatic heterocycles. The number of rotatable bonds is 3. The predicted octanol–water partition coefficient (Wildman–Crippen LogP) is 0.831. The minimum Gasteiger partial charge on any atom is -0.398 e. The van der Waals surface area contributed by atoms with E-state index >= 15 is 0 Å². The highest BCUT2D eigenvalue weighted by Crippen LogP contribution is 2.08. The summed E-state index contributed by atoms with van der Waals surface area (Å²) in [5.74, 6) is -0.596. The van der Waals surface area contributed by atoms with Crippen LogP contribution in [0.4, 0.5) is 0 Å². The molecule has 1 aromatic carbocycles. The topological polar surface area (TPSA) is 64.7 Å². The van der Waals surface area contributed by atoms with Crippen LogP contribution in [0.25, 0.3) is 0 Å². The van der Waals surface area contributed by atoms with Gasteiger partial charge in [0.15, 0.2) is 5.71 Å². The Morgan fingerprint density at radius 3 is 2.57 bits per heavy atom. The minimum atomic E-state index is -0.596. The Hall–Kier alpha value is -1.84. The number of hydrogen-bond acceptors (Lipinski definition) is 3. The number of primary amides is 1. The van der Waals surface area contributed by atoms with Crippen molar-refractivity contribution < 1.29 is 9.63 Å². The van der Waals surface area contributed by atoms with Crippen LogP contribution in [0.2, 0.25) is 0 Å². The zero-order chi connectivity index (χ0) is 10.6.